The molecule has 3 rings (SSSR count). The zero-order chi connectivity index (χ0) is 19.4. The second-order valence-corrected chi connectivity index (χ2v) is 5.78. The summed E-state index contributed by atoms with van der Waals surface area (Å²) in [6, 6.07) is 10.4. The second kappa shape index (κ2) is 7.86. The summed E-state index contributed by atoms with van der Waals surface area (Å²) in [5.74, 6) is 0.752. The Balaban J connectivity index is 1.65. The Morgan fingerprint density at radius 2 is 1.67 bits per heavy atom. The molecule has 0 bridgehead atoms. The van der Waals surface area contributed by atoms with Crippen molar-refractivity contribution in [1.29, 1.82) is 0 Å². The minimum atomic E-state index is -0.692. The molecular weight excluding hydrogens is 352 g/mol. The van der Waals surface area contributed by atoms with Crippen LogP contribution in [-0.2, 0) is 11.2 Å². The van der Waals surface area contributed by atoms with Crippen LogP contribution in [0.15, 0.2) is 36.4 Å². The normalized spacial score (nSPS) is 14.6. The summed E-state index contributed by atoms with van der Waals surface area (Å²) in [5.41, 5.74) is 5.95. The molecule has 0 spiro atoms. The molecule has 2 amide bonds. The summed E-state index contributed by atoms with van der Waals surface area (Å²) >= 11 is 0. The summed E-state index contributed by atoms with van der Waals surface area (Å²) in [7, 11) is 4.38. The van der Waals surface area contributed by atoms with Gasteiger partial charge in [0.15, 0.2) is 17.6 Å². The zero-order valence-electron chi connectivity index (χ0n) is 15.2. The second-order valence-electron chi connectivity index (χ2n) is 5.78. The fraction of sp³-hybridized carbons (Fsp3) is 0.263. The first kappa shape index (κ1) is 18.4. The average Bonchev–Trinajstić information content (AvgIpc) is 3.14. The Hall–Kier alpha value is -3.42. The first-order chi connectivity index (χ1) is 13.1. The summed E-state index contributed by atoms with van der Waals surface area (Å²) in [6.45, 7) is 0. The van der Waals surface area contributed by atoms with Crippen molar-refractivity contribution in [2.45, 2.75) is 12.5 Å². The molecule has 2 N–H and O–H groups in total. The number of carbonyl (C=O) groups excluding carboxylic acids is 2. The molecule has 27 heavy (non-hydrogen) atoms. The number of hydrogen-bond donors (Lipinski definition) is 2. The number of rotatable bonds is 5. The molecule has 8 nitrogen and oxygen atoms in total. The van der Waals surface area contributed by atoms with Crippen molar-refractivity contribution >= 4 is 11.8 Å². The lowest BCUT2D eigenvalue weighted by molar-refractivity contribution is -0.128. The van der Waals surface area contributed by atoms with Crippen LogP contribution in [0.2, 0.25) is 0 Å². The first-order valence-electron chi connectivity index (χ1n) is 8.22. The topological polar surface area (TPSA) is 95.1 Å². The summed E-state index contributed by atoms with van der Waals surface area (Å²) < 4.78 is 21.3. The fourth-order valence-corrected chi connectivity index (χ4v) is 2.81. The van der Waals surface area contributed by atoms with E-state index in [1.807, 2.05) is 18.2 Å². The Kier molecular flexibility index (Phi) is 5.35. The molecule has 1 aliphatic heterocycles. The predicted octanol–water partition coefficient (Wildman–Crippen LogP) is 1.48. The van der Waals surface area contributed by atoms with E-state index in [1.54, 1.807) is 6.07 Å². The van der Waals surface area contributed by atoms with Crippen LogP contribution in [0, 0.1) is 0 Å². The van der Waals surface area contributed by atoms with E-state index in [0.29, 0.717) is 29.4 Å². The minimum absolute atomic E-state index is 0.237. The fourth-order valence-electron chi connectivity index (χ4n) is 2.81. The average molecular weight is 372 g/mol. The highest BCUT2D eigenvalue weighted by Crippen LogP contribution is 2.38. The van der Waals surface area contributed by atoms with Gasteiger partial charge in [0.25, 0.3) is 11.8 Å². The van der Waals surface area contributed by atoms with E-state index >= 15 is 0 Å². The molecule has 0 saturated carbocycles. The number of fused-ring (bicyclic) bond motifs is 1. The van der Waals surface area contributed by atoms with E-state index in [0.717, 1.165) is 5.56 Å². The number of hydrogen-bond acceptors (Lipinski definition) is 6. The van der Waals surface area contributed by atoms with Gasteiger partial charge in [0.1, 0.15) is 5.75 Å². The van der Waals surface area contributed by atoms with Gasteiger partial charge in [-0.3, -0.25) is 20.4 Å². The van der Waals surface area contributed by atoms with Crippen LogP contribution >= 0.6 is 0 Å². The monoisotopic (exact) mass is 372 g/mol. The number of nitrogens with one attached hydrogen (secondary N) is 2. The summed E-state index contributed by atoms with van der Waals surface area (Å²) in [4.78, 5) is 24.7. The molecule has 0 aromatic heterocycles. The molecule has 1 heterocycles. The summed E-state index contributed by atoms with van der Waals surface area (Å²) in [6.07, 6.45) is -0.246. The molecule has 142 valence electrons. The highest BCUT2D eigenvalue weighted by Gasteiger charge is 2.29. The van der Waals surface area contributed by atoms with E-state index in [2.05, 4.69) is 10.9 Å². The quantitative estimate of drug-likeness (QED) is 0.772. The van der Waals surface area contributed by atoms with Crippen LogP contribution in [0.5, 0.6) is 23.0 Å². The van der Waals surface area contributed by atoms with Crippen LogP contribution in [0.1, 0.15) is 15.9 Å². The van der Waals surface area contributed by atoms with E-state index in [1.165, 1.54) is 33.5 Å². The number of benzene rings is 2. The third kappa shape index (κ3) is 3.74. The van der Waals surface area contributed by atoms with E-state index in [4.69, 9.17) is 18.9 Å². The standard InChI is InChI=1S/C19H20N2O6/c1-24-14-9-12(10-15(25-2)17(14)26-3)18(22)20-21-19(23)16-8-11-6-4-5-7-13(11)27-16/h4-7,9-10,16H,8H2,1-3H3,(H,20,22)(H,21,23)/t16-/m1/s1. The molecule has 0 fully saturated rings. The van der Waals surface area contributed by atoms with Gasteiger partial charge in [-0.1, -0.05) is 18.2 Å². The van der Waals surface area contributed by atoms with Gasteiger partial charge in [0, 0.05) is 12.0 Å². The van der Waals surface area contributed by atoms with Crippen LogP contribution in [0.25, 0.3) is 0 Å². The van der Waals surface area contributed by atoms with Gasteiger partial charge < -0.3 is 18.9 Å². The third-order valence-corrected chi connectivity index (χ3v) is 4.17. The highest BCUT2D eigenvalue weighted by atomic mass is 16.5. The van der Waals surface area contributed by atoms with Crippen molar-refractivity contribution in [3.63, 3.8) is 0 Å². The number of para-hydroxylation sites is 1. The predicted molar refractivity (Wildman–Crippen MR) is 96.3 cm³/mol. The van der Waals surface area contributed by atoms with Crippen molar-refractivity contribution in [3.8, 4) is 23.0 Å². The maximum absolute atomic E-state index is 12.4. The SMILES string of the molecule is COc1cc(C(=O)NNC(=O)[C@H]2Cc3ccccc3O2)cc(OC)c1OC. The van der Waals surface area contributed by atoms with Crippen LogP contribution in [0.4, 0.5) is 0 Å². The molecule has 0 radical (unpaired) electrons. The maximum atomic E-state index is 12.4. The van der Waals surface area contributed by atoms with E-state index in [-0.39, 0.29) is 5.56 Å². The number of hydrazine groups is 1. The van der Waals surface area contributed by atoms with Gasteiger partial charge in [-0.05, 0) is 23.8 Å². The number of carbonyl (C=O) groups is 2. The molecule has 2 aromatic rings. The molecule has 0 saturated heterocycles. The van der Waals surface area contributed by atoms with Gasteiger partial charge in [-0.15, -0.1) is 0 Å². The molecule has 8 heteroatoms. The molecule has 1 atom stereocenters. The lowest BCUT2D eigenvalue weighted by atomic mass is 10.1. The van der Waals surface area contributed by atoms with Crippen molar-refractivity contribution in [3.05, 3.63) is 47.5 Å². The van der Waals surface area contributed by atoms with Crippen LogP contribution < -0.4 is 29.8 Å². The Labute approximate surface area is 156 Å². The van der Waals surface area contributed by atoms with E-state index in [9.17, 15) is 9.59 Å². The molecule has 1 aliphatic rings. The number of ether oxygens (including phenoxy) is 4. The van der Waals surface area contributed by atoms with Crippen molar-refractivity contribution in [2.24, 2.45) is 0 Å². The zero-order valence-corrected chi connectivity index (χ0v) is 15.2. The van der Waals surface area contributed by atoms with Gasteiger partial charge >= 0.3 is 0 Å². The minimum Gasteiger partial charge on any atom is -0.493 e. The van der Waals surface area contributed by atoms with Crippen molar-refractivity contribution < 1.29 is 28.5 Å². The first-order valence-corrected chi connectivity index (χ1v) is 8.22. The van der Waals surface area contributed by atoms with Crippen molar-refractivity contribution in [1.82, 2.24) is 10.9 Å². The molecular formula is C19H20N2O6. The largest absolute Gasteiger partial charge is 0.493 e. The van der Waals surface area contributed by atoms with Gasteiger partial charge in [0.05, 0.1) is 21.3 Å². The third-order valence-electron chi connectivity index (χ3n) is 4.17. The number of methoxy groups -OCH3 is 3. The molecule has 0 aliphatic carbocycles. The lowest BCUT2D eigenvalue weighted by Gasteiger charge is -2.15. The highest BCUT2D eigenvalue weighted by molar-refractivity contribution is 5.97. The Morgan fingerprint density at radius 3 is 2.26 bits per heavy atom. The van der Waals surface area contributed by atoms with Crippen molar-refractivity contribution in [2.75, 3.05) is 21.3 Å². The summed E-state index contributed by atoms with van der Waals surface area (Å²) in [5, 5.41) is 0. The van der Waals surface area contributed by atoms with Gasteiger partial charge in [-0.2, -0.15) is 0 Å². The maximum Gasteiger partial charge on any atom is 0.279 e. The molecule has 0 unspecified atom stereocenters. The number of amides is 2. The smallest absolute Gasteiger partial charge is 0.279 e. The Bertz CT molecular complexity index is 817. The lowest BCUT2D eigenvalue weighted by Crippen LogP contribution is -2.47. The van der Waals surface area contributed by atoms with Gasteiger partial charge in [0.2, 0.25) is 5.75 Å². The van der Waals surface area contributed by atoms with Gasteiger partial charge in [-0.25, -0.2) is 0 Å². The van der Waals surface area contributed by atoms with Crippen LogP contribution in [0.3, 0.4) is 0 Å². The Morgan fingerprint density at radius 1 is 1.00 bits per heavy atom. The van der Waals surface area contributed by atoms with Crippen LogP contribution in [-0.4, -0.2) is 39.2 Å². The molecule has 2 aromatic carbocycles. The van der Waals surface area contributed by atoms with E-state index < -0.39 is 17.9 Å².